The van der Waals surface area contributed by atoms with Gasteiger partial charge in [0.15, 0.2) is 0 Å². The molecule has 0 aliphatic heterocycles. The molecule has 2 aliphatic rings. The SMILES string of the molecule is Brc1cccc2c1C=c1c-2ccc2c1=Cc1ccccc1-2. The van der Waals surface area contributed by atoms with Gasteiger partial charge in [-0.1, -0.05) is 64.5 Å². The lowest BCUT2D eigenvalue weighted by atomic mass is 10.0. The van der Waals surface area contributed by atoms with Crippen LogP contribution in [0.15, 0.2) is 59.1 Å². The predicted octanol–water partition coefficient (Wildman–Crippen LogP) is 4.07. The van der Waals surface area contributed by atoms with Gasteiger partial charge >= 0.3 is 0 Å². The molecule has 0 amide bonds. The summed E-state index contributed by atoms with van der Waals surface area (Å²) in [4.78, 5) is 0. The summed E-state index contributed by atoms with van der Waals surface area (Å²) >= 11 is 3.67. The van der Waals surface area contributed by atoms with E-state index in [0.29, 0.717) is 0 Å². The molecule has 2 aliphatic carbocycles. The van der Waals surface area contributed by atoms with Crippen molar-refractivity contribution in [2.45, 2.75) is 0 Å². The Labute approximate surface area is 131 Å². The largest absolute Gasteiger partial charge is 0.0616 e. The topological polar surface area (TPSA) is 0 Å². The molecular weight excluding hydrogens is 320 g/mol. The first-order valence-corrected chi connectivity index (χ1v) is 7.87. The third-order valence-electron chi connectivity index (χ3n) is 4.47. The first-order valence-electron chi connectivity index (χ1n) is 7.08. The lowest BCUT2D eigenvalue weighted by molar-refractivity contribution is 1.54. The number of fused-ring (bicyclic) bond motifs is 7. The third kappa shape index (κ3) is 1.44. The molecule has 0 heterocycles. The summed E-state index contributed by atoms with van der Waals surface area (Å²) in [6.45, 7) is 0. The van der Waals surface area contributed by atoms with E-state index in [-0.39, 0.29) is 0 Å². The fourth-order valence-corrected chi connectivity index (χ4v) is 3.98. The van der Waals surface area contributed by atoms with Crippen molar-refractivity contribution in [3.63, 3.8) is 0 Å². The van der Waals surface area contributed by atoms with Crippen LogP contribution in [0.1, 0.15) is 11.1 Å². The van der Waals surface area contributed by atoms with Gasteiger partial charge in [-0.05, 0) is 62.0 Å². The fourth-order valence-electron chi connectivity index (χ4n) is 3.50. The van der Waals surface area contributed by atoms with Crippen LogP contribution in [0.5, 0.6) is 0 Å². The van der Waals surface area contributed by atoms with E-state index in [0.717, 1.165) is 0 Å². The van der Waals surface area contributed by atoms with Gasteiger partial charge in [0.2, 0.25) is 0 Å². The zero-order chi connectivity index (χ0) is 14.0. The summed E-state index contributed by atoms with van der Waals surface area (Å²) < 4.78 is 1.17. The smallest absolute Gasteiger partial charge is 0.0254 e. The van der Waals surface area contributed by atoms with Crippen molar-refractivity contribution in [1.29, 1.82) is 0 Å². The zero-order valence-electron chi connectivity index (χ0n) is 11.2. The van der Waals surface area contributed by atoms with Crippen LogP contribution in [-0.2, 0) is 0 Å². The van der Waals surface area contributed by atoms with E-state index in [9.17, 15) is 0 Å². The van der Waals surface area contributed by atoms with Gasteiger partial charge in [0, 0.05) is 4.47 Å². The molecule has 3 aromatic carbocycles. The lowest BCUT2D eigenvalue weighted by Gasteiger charge is -2.04. The number of rotatable bonds is 0. The minimum atomic E-state index is 1.17. The van der Waals surface area contributed by atoms with Crippen molar-refractivity contribution >= 4 is 28.1 Å². The Kier molecular flexibility index (Phi) is 2.17. The molecule has 0 saturated carbocycles. The highest BCUT2D eigenvalue weighted by molar-refractivity contribution is 9.10. The van der Waals surface area contributed by atoms with E-state index < -0.39 is 0 Å². The second-order valence-corrected chi connectivity index (χ2v) is 6.42. The van der Waals surface area contributed by atoms with Crippen LogP contribution in [0.25, 0.3) is 34.4 Å². The molecular formula is C20H11Br. The zero-order valence-corrected chi connectivity index (χ0v) is 12.8. The molecule has 0 atom stereocenters. The number of hydrogen-bond acceptors (Lipinski definition) is 0. The van der Waals surface area contributed by atoms with Gasteiger partial charge < -0.3 is 0 Å². The minimum Gasteiger partial charge on any atom is -0.0616 e. The Balaban J connectivity index is 1.93. The predicted molar refractivity (Wildman–Crippen MR) is 91.4 cm³/mol. The molecule has 98 valence electrons. The molecule has 0 nitrogen and oxygen atoms in total. The first-order chi connectivity index (χ1) is 10.3. The number of benzene rings is 3. The highest BCUT2D eigenvalue weighted by Gasteiger charge is 2.19. The molecule has 0 fully saturated rings. The number of halogens is 1. The standard InChI is InChI=1S/C20H11Br/c21-20-7-3-6-14-16-9-8-15-13-5-2-1-4-12(13)10-17(15)18(16)11-19(14)20/h1-11H. The molecule has 0 bridgehead atoms. The van der Waals surface area contributed by atoms with Crippen LogP contribution >= 0.6 is 15.9 Å². The summed E-state index contributed by atoms with van der Waals surface area (Å²) in [5.41, 5.74) is 7.98. The van der Waals surface area contributed by atoms with Crippen LogP contribution in [0, 0.1) is 0 Å². The number of hydrogen-bond donors (Lipinski definition) is 0. The maximum absolute atomic E-state index is 3.67. The molecule has 21 heavy (non-hydrogen) atoms. The molecule has 3 aromatic rings. The van der Waals surface area contributed by atoms with Gasteiger partial charge in [-0.15, -0.1) is 0 Å². The van der Waals surface area contributed by atoms with Gasteiger partial charge in [0.25, 0.3) is 0 Å². The first kappa shape index (κ1) is 11.5. The summed E-state index contributed by atoms with van der Waals surface area (Å²) in [6.07, 6.45) is 4.63. The monoisotopic (exact) mass is 330 g/mol. The Morgan fingerprint density at radius 2 is 1.29 bits per heavy atom. The second kappa shape index (κ2) is 3.96. The van der Waals surface area contributed by atoms with Crippen molar-refractivity contribution < 1.29 is 0 Å². The van der Waals surface area contributed by atoms with Gasteiger partial charge in [0.05, 0.1) is 0 Å². The van der Waals surface area contributed by atoms with Crippen LogP contribution in [0.2, 0.25) is 0 Å². The minimum absolute atomic E-state index is 1.17. The second-order valence-electron chi connectivity index (χ2n) is 5.57. The Morgan fingerprint density at radius 1 is 0.571 bits per heavy atom. The highest BCUT2D eigenvalue weighted by atomic mass is 79.9. The maximum Gasteiger partial charge on any atom is 0.0254 e. The van der Waals surface area contributed by atoms with Crippen molar-refractivity contribution in [2.24, 2.45) is 0 Å². The molecule has 0 radical (unpaired) electrons. The average molecular weight is 331 g/mol. The molecule has 0 aromatic heterocycles. The van der Waals surface area contributed by atoms with Crippen LogP contribution < -0.4 is 10.4 Å². The van der Waals surface area contributed by atoms with E-state index in [1.807, 2.05) is 0 Å². The Morgan fingerprint density at radius 3 is 2.19 bits per heavy atom. The molecule has 0 saturated heterocycles. The van der Waals surface area contributed by atoms with E-state index in [1.54, 1.807) is 0 Å². The van der Waals surface area contributed by atoms with Crippen molar-refractivity contribution in [1.82, 2.24) is 0 Å². The summed E-state index contributed by atoms with van der Waals surface area (Å²) in [7, 11) is 0. The molecule has 0 spiro atoms. The van der Waals surface area contributed by atoms with Crippen molar-refractivity contribution in [3.05, 3.63) is 80.6 Å². The normalized spacial score (nSPS) is 12.8. The van der Waals surface area contributed by atoms with Gasteiger partial charge in [0.1, 0.15) is 0 Å². The maximum atomic E-state index is 3.67. The lowest BCUT2D eigenvalue weighted by Crippen LogP contribution is -2.25. The fraction of sp³-hybridized carbons (Fsp3) is 0. The average Bonchev–Trinajstić information content (AvgIpc) is 3.06. The highest BCUT2D eigenvalue weighted by Crippen LogP contribution is 2.33. The van der Waals surface area contributed by atoms with E-state index in [2.05, 4.69) is 82.7 Å². The van der Waals surface area contributed by atoms with Gasteiger partial charge in [-0.3, -0.25) is 0 Å². The quantitative estimate of drug-likeness (QED) is 0.401. The third-order valence-corrected chi connectivity index (χ3v) is 5.16. The van der Waals surface area contributed by atoms with E-state index in [1.165, 1.54) is 48.3 Å². The molecule has 1 heteroatoms. The van der Waals surface area contributed by atoms with Crippen LogP contribution in [-0.4, -0.2) is 0 Å². The summed E-state index contributed by atoms with van der Waals surface area (Å²) in [5.74, 6) is 0. The van der Waals surface area contributed by atoms with E-state index in [4.69, 9.17) is 0 Å². The van der Waals surface area contributed by atoms with Crippen LogP contribution in [0.3, 0.4) is 0 Å². The van der Waals surface area contributed by atoms with E-state index >= 15 is 0 Å². The summed E-state index contributed by atoms with van der Waals surface area (Å²) in [5, 5.41) is 2.71. The molecule has 5 rings (SSSR count). The van der Waals surface area contributed by atoms with Crippen molar-refractivity contribution in [2.75, 3.05) is 0 Å². The Hall–Kier alpha value is -2.12. The van der Waals surface area contributed by atoms with Gasteiger partial charge in [-0.25, -0.2) is 0 Å². The van der Waals surface area contributed by atoms with Crippen LogP contribution in [0.4, 0.5) is 0 Å². The Bertz CT molecular complexity index is 1040. The molecule has 0 N–H and O–H groups in total. The molecule has 0 unspecified atom stereocenters. The van der Waals surface area contributed by atoms with Gasteiger partial charge in [-0.2, -0.15) is 0 Å². The summed E-state index contributed by atoms with van der Waals surface area (Å²) in [6, 6.07) is 19.6. The van der Waals surface area contributed by atoms with Crippen molar-refractivity contribution in [3.8, 4) is 22.3 Å².